The average molecular weight is 362 g/mol. The molecule has 9 heteroatoms. The average Bonchev–Trinajstić information content (AvgIpc) is 2.56. The number of hydrogen-bond acceptors (Lipinski definition) is 6. The van der Waals surface area contributed by atoms with Gasteiger partial charge in [0.05, 0.1) is 25.6 Å². The summed E-state index contributed by atoms with van der Waals surface area (Å²) in [5.74, 6) is -1.41. The number of carbonyl (C=O) groups excluding carboxylic acids is 3. The minimum absolute atomic E-state index is 0.0423. The van der Waals surface area contributed by atoms with Crippen LogP contribution in [-0.4, -0.2) is 30.6 Å². The summed E-state index contributed by atoms with van der Waals surface area (Å²) < 4.78 is 9.81. The van der Waals surface area contributed by atoms with Crippen LogP contribution in [0.1, 0.15) is 49.5 Å². The Hall–Kier alpha value is -3.06. The third kappa shape index (κ3) is 7.23. The van der Waals surface area contributed by atoms with Gasteiger partial charge in [-0.05, 0) is 50.1 Å². The number of nitrogens with zero attached hydrogens (tertiary/aromatic N) is 3. The fourth-order valence-corrected chi connectivity index (χ4v) is 2.05. The van der Waals surface area contributed by atoms with Crippen LogP contribution in [0.4, 0.5) is 5.69 Å². The lowest BCUT2D eigenvalue weighted by atomic mass is 10.1. The summed E-state index contributed by atoms with van der Waals surface area (Å²) in [6.45, 7) is 5.18. The normalized spacial score (nSPS) is 10.5. The van der Waals surface area contributed by atoms with E-state index in [2.05, 4.69) is 20.1 Å². The van der Waals surface area contributed by atoms with Crippen LogP contribution in [0.2, 0.25) is 0 Å². The molecule has 140 valence electrons. The lowest BCUT2D eigenvalue weighted by Gasteiger charge is -2.19. The quantitative estimate of drug-likeness (QED) is 0.344. The Labute approximate surface area is 151 Å². The zero-order chi connectivity index (χ0) is 19.7. The smallest absolute Gasteiger partial charge is 0.338 e. The fourth-order valence-electron chi connectivity index (χ4n) is 2.05. The molecule has 26 heavy (non-hydrogen) atoms. The van der Waals surface area contributed by atoms with Crippen LogP contribution in [0.5, 0.6) is 0 Å². The summed E-state index contributed by atoms with van der Waals surface area (Å²) in [5, 5.41) is 6.06. The van der Waals surface area contributed by atoms with Gasteiger partial charge in [0.1, 0.15) is 5.60 Å². The molecule has 0 atom stereocenters. The van der Waals surface area contributed by atoms with Crippen molar-refractivity contribution in [3.8, 4) is 0 Å². The van der Waals surface area contributed by atoms with Gasteiger partial charge in [-0.2, -0.15) is 0 Å². The number of esters is 2. The van der Waals surface area contributed by atoms with E-state index in [0.717, 1.165) is 0 Å². The van der Waals surface area contributed by atoms with Gasteiger partial charge in [-0.25, -0.2) is 4.79 Å². The van der Waals surface area contributed by atoms with Crippen LogP contribution in [0, 0.1) is 0 Å². The number of hydrogen-bond donors (Lipinski definition) is 1. The second kappa shape index (κ2) is 9.43. The summed E-state index contributed by atoms with van der Waals surface area (Å²) in [7, 11) is 1.24. The van der Waals surface area contributed by atoms with E-state index in [1.807, 2.05) is 0 Å². The first kappa shape index (κ1) is 21.0. The molecule has 1 aromatic carbocycles. The third-order valence-electron chi connectivity index (χ3n) is 3.07. The maximum absolute atomic E-state index is 12.0. The van der Waals surface area contributed by atoms with Crippen molar-refractivity contribution in [1.29, 1.82) is 0 Å². The predicted octanol–water partition coefficient (Wildman–Crippen LogP) is 3.34. The first-order valence-electron chi connectivity index (χ1n) is 7.90. The fraction of sp³-hybridized carbons (Fsp3) is 0.471. The van der Waals surface area contributed by atoms with E-state index in [1.165, 1.54) is 25.3 Å². The van der Waals surface area contributed by atoms with Gasteiger partial charge in [-0.1, -0.05) is 5.11 Å². The van der Waals surface area contributed by atoms with Crippen LogP contribution in [0.25, 0.3) is 10.4 Å². The number of anilines is 1. The summed E-state index contributed by atoms with van der Waals surface area (Å²) in [4.78, 5) is 38.0. The van der Waals surface area contributed by atoms with Gasteiger partial charge >= 0.3 is 11.9 Å². The molecule has 0 aliphatic rings. The van der Waals surface area contributed by atoms with Gasteiger partial charge < -0.3 is 14.8 Å². The van der Waals surface area contributed by atoms with Gasteiger partial charge in [0.2, 0.25) is 5.91 Å². The predicted molar refractivity (Wildman–Crippen MR) is 94.3 cm³/mol. The maximum atomic E-state index is 12.0. The van der Waals surface area contributed by atoms with Crippen molar-refractivity contribution in [2.45, 2.75) is 45.8 Å². The number of nitrogens with one attached hydrogen (secondary N) is 1. The number of ether oxygens (including phenoxy) is 2. The van der Waals surface area contributed by atoms with Crippen molar-refractivity contribution in [2.24, 2.45) is 5.11 Å². The molecule has 9 nitrogen and oxygen atoms in total. The molecule has 0 bridgehead atoms. The second-order valence-corrected chi connectivity index (χ2v) is 6.39. The summed E-state index contributed by atoms with van der Waals surface area (Å²) in [6, 6.07) is 4.51. The van der Waals surface area contributed by atoms with Gasteiger partial charge in [-0.15, -0.1) is 0 Å². The van der Waals surface area contributed by atoms with Crippen molar-refractivity contribution in [1.82, 2.24) is 0 Å². The Morgan fingerprint density at radius 1 is 1.23 bits per heavy atom. The molecule has 1 N–H and O–H groups in total. The highest BCUT2D eigenvalue weighted by Crippen LogP contribution is 2.19. The second-order valence-electron chi connectivity index (χ2n) is 6.39. The Balaban J connectivity index is 2.77. The van der Waals surface area contributed by atoms with Crippen LogP contribution < -0.4 is 5.32 Å². The highest BCUT2D eigenvalue weighted by Gasteiger charge is 2.17. The number of benzene rings is 1. The number of rotatable bonds is 7. The Bertz CT molecular complexity index is 733. The number of carbonyl (C=O) groups is 3. The van der Waals surface area contributed by atoms with Gasteiger partial charge in [-0.3, -0.25) is 9.59 Å². The van der Waals surface area contributed by atoms with E-state index in [1.54, 1.807) is 20.8 Å². The zero-order valence-electron chi connectivity index (χ0n) is 15.2. The van der Waals surface area contributed by atoms with E-state index < -0.39 is 17.5 Å². The van der Waals surface area contributed by atoms with E-state index in [9.17, 15) is 14.4 Å². The standard InChI is InChI=1S/C17H22N4O5/c1-17(2,3)26-15(23)8-7-14(22)20-12-5-6-13(16(24)25-4)11(9-12)10-19-21-18/h5-6,9H,7-8,10H2,1-4H3,(H,20,22). The first-order valence-corrected chi connectivity index (χ1v) is 7.90. The Morgan fingerprint density at radius 2 is 1.92 bits per heavy atom. The summed E-state index contributed by atoms with van der Waals surface area (Å²) in [6.07, 6.45) is -0.0890. The zero-order valence-corrected chi connectivity index (χ0v) is 15.2. The van der Waals surface area contributed by atoms with E-state index in [-0.39, 0.29) is 30.9 Å². The van der Waals surface area contributed by atoms with Crippen LogP contribution in [0.15, 0.2) is 23.3 Å². The van der Waals surface area contributed by atoms with Crippen LogP contribution in [0.3, 0.4) is 0 Å². The number of azide groups is 1. The molecule has 1 aromatic rings. The van der Waals surface area contributed by atoms with Gasteiger partial charge in [0, 0.05) is 17.0 Å². The molecule has 0 fully saturated rings. The molecule has 0 unspecified atom stereocenters. The topological polar surface area (TPSA) is 130 Å². The maximum Gasteiger partial charge on any atom is 0.338 e. The van der Waals surface area contributed by atoms with Crippen molar-refractivity contribution >= 4 is 23.5 Å². The minimum atomic E-state index is -0.604. The Morgan fingerprint density at radius 3 is 2.50 bits per heavy atom. The molecule has 0 aromatic heterocycles. The molecule has 0 aliphatic heterocycles. The molecule has 0 spiro atoms. The third-order valence-corrected chi connectivity index (χ3v) is 3.07. The number of amides is 1. The number of methoxy groups -OCH3 is 1. The van der Waals surface area contributed by atoms with Crippen LogP contribution in [-0.2, 0) is 25.6 Å². The van der Waals surface area contributed by atoms with E-state index >= 15 is 0 Å². The molecule has 0 saturated carbocycles. The molecule has 0 heterocycles. The van der Waals surface area contributed by atoms with E-state index in [4.69, 9.17) is 10.3 Å². The summed E-state index contributed by atoms with van der Waals surface area (Å²) >= 11 is 0. The first-order chi connectivity index (χ1) is 12.2. The van der Waals surface area contributed by atoms with Crippen molar-refractivity contribution in [3.05, 3.63) is 39.8 Å². The monoisotopic (exact) mass is 362 g/mol. The van der Waals surface area contributed by atoms with Gasteiger partial charge in [0.15, 0.2) is 0 Å². The molecular formula is C17H22N4O5. The largest absolute Gasteiger partial charge is 0.465 e. The van der Waals surface area contributed by atoms with Crippen molar-refractivity contribution < 1.29 is 23.9 Å². The molecule has 0 radical (unpaired) electrons. The SMILES string of the molecule is COC(=O)c1ccc(NC(=O)CCC(=O)OC(C)(C)C)cc1CN=[N+]=[N-]. The van der Waals surface area contributed by atoms with E-state index in [0.29, 0.717) is 11.3 Å². The molecule has 1 amide bonds. The summed E-state index contributed by atoms with van der Waals surface area (Å²) in [5.41, 5.74) is 8.93. The highest BCUT2D eigenvalue weighted by molar-refractivity contribution is 5.95. The lowest BCUT2D eigenvalue weighted by Crippen LogP contribution is -2.24. The highest BCUT2D eigenvalue weighted by atomic mass is 16.6. The molecule has 0 aliphatic carbocycles. The molecule has 1 rings (SSSR count). The van der Waals surface area contributed by atoms with Crippen LogP contribution >= 0.6 is 0 Å². The Kier molecular flexibility index (Phi) is 7.61. The van der Waals surface area contributed by atoms with Crippen molar-refractivity contribution in [3.63, 3.8) is 0 Å². The minimum Gasteiger partial charge on any atom is -0.465 e. The molecular weight excluding hydrogens is 340 g/mol. The molecule has 0 saturated heterocycles. The van der Waals surface area contributed by atoms with Crippen molar-refractivity contribution in [2.75, 3.05) is 12.4 Å². The lowest BCUT2D eigenvalue weighted by molar-refractivity contribution is -0.155. The van der Waals surface area contributed by atoms with Gasteiger partial charge in [0.25, 0.3) is 0 Å².